The first kappa shape index (κ1) is 21.6. The molecule has 188 valence electrons. The van der Waals surface area contributed by atoms with Crippen LogP contribution in [0, 0.1) is 46.3 Å². The first-order chi connectivity index (χ1) is 17.5. The Labute approximate surface area is 213 Å². The van der Waals surface area contributed by atoms with Gasteiger partial charge in [0.1, 0.15) is 0 Å². The highest BCUT2D eigenvalue weighted by atomic mass is 16.2. The van der Waals surface area contributed by atoms with Crippen molar-refractivity contribution in [3.8, 4) is 0 Å². The topological polar surface area (TPSA) is 71.1 Å². The molecule has 1 aromatic carbocycles. The number of carbonyl (C=O) groups excluding carboxylic acids is 2. The van der Waals surface area contributed by atoms with E-state index in [2.05, 4.69) is 15.6 Å². The highest BCUT2D eigenvalue weighted by molar-refractivity contribution is 6.06. The predicted molar refractivity (Wildman–Crippen MR) is 140 cm³/mol. The molecule has 0 atom stereocenters. The van der Waals surface area contributed by atoms with E-state index in [1.54, 1.807) is 6.20 Å². The molecule has 5 nitrogen and oxygen atoms in total. The van der Waals surface area contributed by atoms with Crippen molar-refractivity contribution in [2.24, 2.45) is 46.3 Å². The lowest BCUT2D eigenvalue weighted by Gasteiger charge is -2.55. The van der Waals surface area contributed by atoms with Gasteiger partial charge in [-0.05, 0) is 137 Å². The maximum Gasteiger partial charge on any atom is 0.230 e. The normalized spacial score (nSPS) is 41.6. The van der Waals surface area contributed by atoms with Gasteiger partial charge in [-0.15, -0.1) is 0 Å². The van der Waals surface area contributed by atoms with Gasteiger partial charge in [-0.3, -0.25) is 14.6 Å². The second kappa shape index (κ2) is 7.55. The molecule has 8 fully saturated rings. The fourth-order valence-corrected chi connectivity index (χ4v) is 10.7. The molecule has 2 aromatic rings. The molecule has 8 aliphatic carbocycles. The summed E-state index contributed by atoms with van der Waals surface area (Å²) >= 11 is 0. The van der Waals surface area contributed by atoms with E-state index >= 15 is 0 Å². The van der Waals surface area contributed by atoms with Gasteiger partial charge in [0.15, 0.2) is 0 Å². The van der Waals surface area contributed by atoms with E-state index in [0.29, 0.717) is 0 Å². The molecule has 8 bridgehead atoms. The highest BCUT2D eigenvalue weighted by Gasteiger charge is 2.56. The molecule has 1 heterocycles. The Morgan fingerprint density at radius 3 is 1.67 bits per heavy atom. The summed E-state index contributed by atoms with van der Waals surface area (Å²) in [5, 5.41) is 7.62. The zero-order valence-electron chi connectivity index (χ0n) is 21.1. The van der Waals surface area contributed by atoms with Crippen molar-refractivity contribution in [1.29, 1.82) is 0 Å². The second-order valence-corrected chi connectivity index (χ2v) is 13.9. The average Bonchev–Trinajstić information content (AvgIpc) is 2.82. The van der Waals surface area contributed by atoms with Gasteiger partial charge in [-0.1, -0.05) is 0 Å². The van der Waals surface area contributed by atoms with E-state index in [-0.39, 0.29) is 22.6 Å². The number of pyridine rings is 1. The van der Waals surface area contributed by atoms with Gasteiger partial charge in [-0.2, -0.15) is 0 Å². The molecule has 8 aliphatic rings. The summed E-state index contributed by atoms with van der Waals surface area (Å²) < 4.78 is 0. The Kier molecular flexibility index (Phi) is 4.54. The quantitative estimate of drug-likeness (QED) is 0.518. The van der Waals surface area contributed by atoms with Crippen LogP contribution in [0.1, 0.15) is 77.0 Å². The van der Waals surface area contributed by atoms with Crippen LogP contribution in [0.15, 0.2) is 30.5 Å². The minimum absolute atomic E-state index is 0.190. The van der Waals surface area contributed by atoms with E-state index < -0.39 is 0 Å². The van der Waals surface area contributed by atoms with Crippen LogP contribution < -0.4 is 10.6 Å². The first-order valence-electron chi connectivity index (χ1n) is 14.5. The molecule has 36 heavy (non-hydrogen) atoms. The maximum atomic E-state index is 13.9. The largest absolute Gasteiger partial charge is 0.325 e. The monoisotopic (exact) mass is 483 g/mol. The molecule has 8 saturated carbocycles. The average molecular weight is 484 g/mol. The number of hydrogen-bond acceptors (Lipinski definition) is 3. The number of fused-ring (bicyclic) bond motifs is 1. The SMILES string of the molecule is O=C(Nc1cc(NC(=O)C23CC4CC(CC(C4)C2)C3)c2cccnc2c1)C12CC3CC(CC(C3)C1)C2. The molecule has 0 radical (unpaired) electrons. The highest BCUT2D eigenvalue weighted by Crippen LogP contribution is 2.61. The Morgan fingerprint density at radius 2 is 1.17 bits per heavy atom. The van der Waals surface area contributed by atoms with Gasteiger partial charge < -0.3 is 10.6 Å². The van der Waals surface area contributed by atoms with E-state index in [4.69, 9.17) is 0 Å². The Hall–Kier alpha value is -2.43. The molecule has 0 unspecified atom stereocenters. The van der Waals surface area contributed by atoms with E-state index in [1.807, 2.05) is 24.3 Å². The number of carbonyl (C=O) groups is 2. The Bertz CT molecular complexity index is 1200. The van der Waals surface area contributed by atoms with Crippen molar-refractivity contribution in [1.82, 2.24) is 4.98 Å². The molecule has 0 spiro atoms. The lowest BCUT2D eigenvalue weighted by molar-refractivity contribution is -0.140. The minimum atomic E-state index is -0.207. The Balaban J connectivity index is 1.09. The van der Waals surface area contributed by atoms with Gasteiger partial charge in [0, 0.05) is 17.3 Å². The third-order valence-corrected chi connectivity index (χ3v) is 11.3. The summed E-state index contributed by atoms with van der Waals surface area (Å²) in [6.07, 6.45) is 16.0. The number of hydrogen-bond donors (Lipinski definition) is 2. The van der Waals surface area contributed by atoms with Crippen molar-refractivity contribution < 1.29 is 9.59 Å². The number of benzene rings is 1. The summed E-state index contributed by atoms with van der Waals surface area (Å²) in [5.41, 5.74) is 1.98. The number of nitrogens with zero attached hydrogens (tertiary/aromatic N) is 1. The fourth-order valence-electron chi connectivity index (χ4n) is 10.7. The summed E-state index contributed by atoms with van der Waals surface area (Å²) in [6.45, 7) is 0. The first-order valence-corrected chi connectivity index (χ1v) is 14.5. The van der Waals surface area contributed by atoms with Gasteiger partial charge in [0.2, 0.25) is 11.8 Å². The van der Waals surface area contributed by atoms with Crippen LogP contribution >= 0.6 is 0 Å². The molecular weight excluding hydrogens is 446 g/mol. The van der Waals surface area contributed by atoms with Crippen LogP contribution in [-0.4, -0.2) is 16.8 Å². The molecule has 0 aliphatic heterocycles. The zero-order chi connectivity index (χ0) is 24.1. The van der Waals surface area contributed by atoms with Gasteiger partial charge in [0.25, 0.3) is 0 Å². The summed E-state index contributed by atoms with van der Waals surface area (Å²) in [7, 11) is 0. The summed E-state index contributed by atoms with van der Waals surface area (Å²) in [4.78, 5) is 32.2. The number of amides is 2. The zero-order valence-corrected chi connectivity index (χ0v) is 21.1. The molecule has 2 amide bonds. The predicted octanol–water partition coefficient (Wildman–Crippen LogP) is 6.54. The van der Waals surface area contributed by atoms with Crippen LogP contribution in [0.4, 0.5) is 11.4 Å². The third kappa shape index (κ3) is 3.30. The lowest BCUT2D eigenvalue weighted by Crippen LogP contribution is -2.52. The van der Waals surface area contributed by atoms with Crippen molar-refractivity contribution in [3.63, 3.8) is 0 Å². The lowest BCUT2D eigenvalue weighted by atomic mass is 9.49. The molecule has 1 aromatic heterocycles. The van der Waals surface area contributed by atoms with Crippen molar-refractivity contribution in [2.45, 2.75) is 77.0 Å². The van der Waals surface area contributed by atoms with Crippen LogP contribution in [0.3, 0.4) is 0 Å². The number of aromatic nitrogens is 1. The van der Waals surface area contributed by atoms with Crippen molar-refractivity contribution in [2.75, 3.05) is 10.6 Å². The smallest absolute Gasteiger partial charge is 0.230 e. The maximum absolute atomic E-state index is 13.9. The minimum Gasteiger partial charge on any atom is -0.325 e. The van der Waals surface area contributed by atoms with Crippen LogP contribution in [-0.2, 0) is 9.59 Å². The summed E-state index contributed by atoms with van der Waals surface area (Å²) in [6, 6.07) is 7.92. The number of anilines is 2. The van der Waals surface area contributed by atoms with Gasteiger partial charge >= 0.3 is 0 Å². The number of nitrogens with one attached hydrogen (secondary N) is 2. The van der Waals surface area contributed by atoms with Gasteiger partial charge in [0.05, 0.1) is 22.0 Å². The van der Waals surface area contributed by atoms with Crippen LogP contribution in [0.2, 0.25) is 0 Å². The van der Waals surface area contributed by atoms with Crippen molar-refractivity contribution in [3.05, 3.63) is 30.5 Å². The standard InChI is InChI=1S/C31H37N3O2/c35-28(30-12-18-4-19(13-30)6-20(5-18)14-30)33-24-10-26-25(2-1-3-32-26)27(11-24)34-29(36)31-15-21-7-22(16-31)9-23(8-21)17-31/h1-3,10-11,18-23H,4-9,12-17H2,(H,33,35)(H,34,36). The van der Waals surface area contributed by atoms with E-state index in [0.717, 1.165) is 96.3 Å². The molecular formula is C31H37N3O2. The number of rotatable bonds is 4. The van der Waals surface area contributed by atoms with Gasteiger partial charge in [-0.25, -0.2) is 0 Å². The molecule has 2 N–H and O–H groups in total. The fraction of sp³-hybridized carbons (Fsp3) is 0.645. The molecule has 10 rings (SSSR count). The third-order valence-electron chi connectivity index (χ3n) is 11.3. The Morgan fingerprint density at radius 1 is 0.694 bits per heavy atom. The molecule has 0 saturated heterocycles. The van der Waals surface area contributed by atoms with Crippen LogP contribution in [0.25, 0.3) is 10.9 Å². The van der Waals surface area contributed by atoms with Crippen molar-refractivity contribution >= 4 is 34.1 Å². The van der Waals surface area contributed by atoms with Crippen LogP contribution in [0.5, 0.6) is 0 Å². The summed E-state index contributed by atoms with van der Waals surface area (Å²) in [5.74, 6) is 4.76. The van der Waals surface area contributed by atoms with E-state index in [9.17, 15) is 9.59 Å². The van der Waals surface area contributed by atoms with E-state index in [1.165, 1.54) is 38.5 Å². The molecule has 5 heteroatoms. The second-order valence-electron chi connectivity index (χ2n) is 13.9.